The monoisotopic (exact) mass is 339 g/mol. The van der Waals surface area contributed by atoms with Crippen molar-refractivity contribution in [3.8, 4) is 0 Å². The fourth-order valence-corrected chi connectivity index (χ4v) is 3.23. The summed E-state index contributed by atoms with van der Waals surface area (Å²) in [5.41, 5.74) is 1.64. The normalized spacial score (nSPS) is 26.4. The number of benzene rings is 1. The first-order valence-electron chi connectivity index (χ1n) is 7.59. The fraction of sp³-hybridized carbons (Fsp3) is 0.647. The highest BCUT2D eigenvalue weighted by Gasteiger charge is 2.41. The molecule has 2 rings (SSSR count). The molecule has 1 aromatic carbocycles. The Morgan fingerprint density at radius 3 is 2.60 bits per heavy atom. The van der Waals surface area contributed by atoms with Gasteiger partial charge in [0.15, 0.2) is 0 Å². The number of rotatable bonds is 6. The lowest BCUT2D eigenvalue weighted by Crippen LogP contribution is -2.42. The smallest absolute Gasteiger partial charge is 0.0619 e. The van der Waals surface area contributed by atoms with E-state index in [0.717, 1.165) is 37.0 Å². The third-order valence-corrected chi connectivity index (χ3v) is 4.86. The second kappa shape index (κ2) is 7.06. The number of halogens is 1. The molecule has 0 bridgehead atoms. The van der Waals surface area contributed by atoms with Gasteiger partial charge in [0, 0.05) is 23.0 Å². The molecule has 0 spiro atoms. The summed E-state index contributed by atoms with van der Waals surface area (Å²) in [6, 6.07) is 8.70. The van der Waals surface area contributed by atoms with Gasteiger partial charge in [-0.2, -0.15) is 0 Å². The Bertz CT molecular complexity index is 418. The molecule has 20 heavy (non-hydrogen) atoms. The standard InChI is InChI=1S/C17H26BrNO/c1-13(2)11-19-12-17(8-9-20-14(17)3)10-15-4-6-16(18)7-5-15/h4-7,13-14,19H,8-12H2,1-3H3. The minimum atomic E-state index is 0.239. The van der Waals surface area contributed by atoms with Gasteiger partial charge in [0.1, 0.15) is 0 Å². The summed E-state index contributed by atoms with van der Waals surface area (Å²) in [6.07, 6.45) is 2.56. The molecule has 1 aliphatic rings. The molecule has 2 nitrogen and oxygen atoms in total. The number of hydrogen-bond donors (Lipinski definition) is 1. The van der Waals surface area contributed by atoms with Crippen LogP contribution >= 0.6 is 15.9 Å². The summed E-state index contributed by atoms with van der Waals surface area (Å²) in [5.74, 6) is 0.692. The largest absolute Gasteiger partial charge is 0.378 e. The van der Waals surface area contributed by atoms with Crippen LogP contribution in [0, 0.1) is 11.3 Å². The van der Waals surface area contributed by atoms with E-state index in [1.54, 1.807) is 0 Å². The second-order valence-corrected chi connectivity index (χ2v) is 7.37. The van der Waals surface area contributed by atoms with Crippen LogP contribution in [-0.4, -0.2) is 25.8 Å². The van der Waals surface area contributed by atoms with Gasteiger partial charge >= 0.3 is 0 Å². The molecule has 0 aliphatic carbocycles. The highest BCUT2D eigenvalue weighted by molar-refractivity contribution is 9.10. The lowest BCUT2D eigenvalue weighted by Gasteiger charge is -2.33. The SMILES string of the molecule is CC(C)CNCC1(Cc2ccc(Br)cc2)CCOC1C. The van der Waals surface area contributed by atoms with E-state index in [0.29, 0.717) is 12.0 Å². The van der Waals surface area contributed by atoms with Crippen molar-refractivity contribution in [2.24, 2.45) is 11.3 Å². The zero-order valence-electron chi connectivity index (χ0n) is 12.8. The lowest BCUT2D eigenvalue weighted by molar-refractivity contribution is 0.0627. The van der Waals surface area contributed by atoms with Gasteiger partial charge in [-0.25, -0.2) is 0 Å². The van der Waals surface area contributed by atoms with Crippen LogP contribution in [0.2, 0.25) is 0 Å². The van der Waals surface area contributed by atoms with E-state index in [1.165, 1.54) is 5.56 Å². The first kappa shape index (κ1) is 16.0. The maximum atomic E-state index is 5.87. The van der Waals surface area contributed by atoms with Gasteiger partial charge in [0.05, 0.1) is 6.10 Å². The summed E-state index contributed by atoms with van der Waals surface area (Å²) in [7, 11) is 0. The topological polar surface area (TPSA) is 21.3 Å². The van der Waals surface area contributed by atoms with Gasteiger partial charge in [-0.1, -0.05) is 41.9 Å². The first-order valence-corrected chi connectivity index (χ1v) is 8.38. The molecule has 1 aromatic rings. The van der Waals surface area contributed by atoms with Crippen LogP contribution in [0.1, 0.15) is 32.8 Å². The van der Waals surface area contributed by atoms with Crippen molar-refractivity contribution in [3.63, 3.8) is 0 Å². The van der Waals surface area contributed by atoms with Crippen molar-refractivity contribution < 1.29 is 4.74 Å². The number of nitrogens with one attached hydrogen (secondary N) is 1. The van der Waals surface area contributed by atoms with Crippen LogP contribution in [0.3, 0.4) is 0 Å². The molecule has 0 saturated carbocycles. The molecule has 1 aliphatic heterocycles. The van der Waals surface area contributed by atoms with Crippen molar-refractivity contribution >= 4 is 15.9 Å². The molecule has 0 amide bonds. The molecule has 1 heterocycles. The van der Waals surface area contributed by atoms with Crippen molar-refractivity contribution in [2.45, 2.75) is 39.7 Å². The molecular formula is C17H26BrNO. The van der Waals surface area contributed by atoms with E-state index in [1.807, 2.05) is 0 Å². The van der Waals surface area contributed by atoms with E-state index >= 15 is 0 Å². The van der Waals surface area contributed by atoms with Gasteiger partial charge in [0.25, 0.3) is 0 Å². The minimum absolute atomic E-state index is 0.239. The average Bonchev–Trinajstić information content (AvgIpc) is 2.74. The predicted octanol–water partition coefficient (Wildman–Crippen LogP) is 4.03. The molecule has 2 atom stereocenters. The van der Waals surface area contributed by atoms with Gasteiger partial charge in [-0.05, 0) is 49.9 Å². The lowest BCUT2D eigenvalue weighted by atomic mass is 9.76. The number of hydrogen-bond acceptors (Lipinski definition) is 2. The van der Waals surface area contributed by atoms with Crippen LogP contribution in [0.25, 0.3) is 0 Å². The van der Waals surface area contributed by atoms with E-state index in [-0.39, 0.29) is 5.41 Å². The Kier molecular flexibility index (Phi) is 5.65. The maximum Gasteiger partial charge on any atom is 0.0619 e. The van der Waals surface area contributed by atoms with Crippen LogP contribution in [0.15, 0.2) is 28.7 Å². The molecule has 112 valence electrons. The molecular weight excluding hydrogens is 314 g/mol. The third-order valence-electron chi connectivity index (χ3n) is 4.33. The fourth-order valence-electron chi connectivity index (χ4n) is 2.96. The van der Waals surface area contributed by atoms with Crippen molar-refractivity contribution in [1.29, 1.82) is 0 Å². The Labute approximate surface area is 131 Å². The average molecular weight is 340 g/mol. The zero-order chi connectivity index (χ0) is 14.6. The van der Waals surface area contributed by atoms with Crippen molar-refractivity contribution in [1.82, 2.24) is 5.32 Å². The van der Waals surface area contributed by atoms with Crippen LogP contribution < -0.4 is 5.32 Å². The summed E-state index contributed by atoms with van der Waals surface area (Å²) in [5, 5.41) is 3.64. The van der Waals surface area contributed by atoms with E-state index in [9.17, 15) is 0 Å². The molecule has 0 radical (unpaired) electrons. The zero-order valence-corrected chi connectivity index (χ0v) is 14.4. The maximum absolute atomic E-state index is 5.87. The Balaban J connectivity index is 2.05. The van der Waals surface area contributed by atoms with Gasteiger partial charge in [0.2, 0.25) is 0 Å². The Hall–Kier alpha value is -0.380. The molecule has 1 N–H and O–H groups in total. The quantitative estimate of drug-likeness (QED) is 0.844. The molecule has 0 aromatic heterocycles. The van der Waals surface area contributed by atoms with Crippen molar-refractivity contribution in [2.75, 3.05) is 19.7 Å². The summed E-state index contributed by atoms with van der Waals surface area (Å²) >= 11 is 3.50. The van der Waals surface area contributed by atoms with Gasteiger partial charge < -0.3 is 10.1 Å². The van der Waals surface area contributed by atoms with E-state index in [4.69, 9.17) is 4.74 Å². The van der Waals surface area contributed by atoms with E-state index < -0.39 is 0 Å². The summed E-state index contributed by atoms with van der Waals surface area (Å²) < 4.78 is 7.02. The molecule has 1 fully saturated rings. The molecule has 3 heteroatoms. The second-order valence-electron chi connectivity index (χ2n) is 6.45. The van der Waals surface area contributed by atoms with E-state index in [2.05, 4.69) is 66.3 Å². The molecule has 1 saturated heterocycles. The van der Waals surface area contributed by atoms with Gasteiger partial charge in [-0.3, -0.25) is 0 Å². The minimum Gasteiger partial charge on any atom is -0.378 e. The van der Waals surface area contributed by atoms with Gasteiger partial charge in [-0.15, -0.1) is 0 Å². The summed E-state index contributed by atoms with van der Waals surface area (Å²) in [6.45, 7) is 9.74. The Morgan fingerprint density at radius 2 is 2.05 bits per heavy atom. The number of ether oxygens (including phenoxy) is 1. The predicted molar refractivity (Wildman–Crippen MR) is 88.0 cm³/mol. The third kappa shape index (κ3) is 4.06. The Morgan fingerprint density at radius 1 is 1.35 bits per heavy atom. The molecule has 2 unspecified atom stereocenters. The highest BCUT2D eigenvalue weighted by Crippen LogP contribution is 2.38. The van der Waals surface area contributed by atoms with Crippen LogP contribution in [0.4, 0.5) is 0 Å². The summed E-state index contributed by atoms with van der Waals surface area (Å²) in [4.78, 5) is 0. The first-order chi connectivity index (χ1) is 9.52. The van der Waals surface area contributed by atoms with Crippen molar-refractivity contribution in [3.05, 3.63) is 34.3 Å². The van der Waals surface area contributed by atoms with Crippen LogP contribution in [-0.2, 0) is 11.2 Å². The van der Waals surface area contributed by atoms with Crippen LogP contribution in [0.5, 0.6) is 0 Å². The highest BCUT2D eigenvalue weighted by atomic mass is 79.9.